The molecule has 6 heteroatoms. The van der Waals surface area contributed by atoms with Crippen molar-refractivity contribution in [1.82, 2.24) is 25.5 Å². The molecule has 0 bridgehead atoms. The molecule has 0 aliphatic carbocycles. The lowest BCUT2D eigenvalue weighted by molar-refractivity contribution is 0.439. The summed E-state index contributed by atoms with van der Waals surface area (Å²) in [6, 6.07) is 4.71. The molecule has 1 fully saturated rings. The van der Waals surface area contributed by atoms with Crippen LogP contribution in [0.25, 0.3) is 0 Å². The lowest BCUT2D eigenvalue weighted by atomic mass is 10.1. The minimum atomic E-state index is 0.631. The molecule has 2 aromatic heterocycles. The van der Waals surface area contributed by atoms with E-state index in [1.54, 1.807) is 0 Å². The molecule has 2 aromatic rings. The number of pyridine rings is 1. The highest BCUT2D eigenvalue weighted by molar-refractivity contribution is 5.29. The van der Waals surface area contributed by atoms with E-state index in [1.807, 2.05) is 31.6 Å². The first kappa shape index (κ1) is 14.0. The first-order chi connectivity index (χ1) is 10.3. The van der Waals surface area contributed by atoms with Crippen LogP contribution in [0.1, 0.15) is 24.2 Å². The molecule has 0 spiro atoms. The Bertz CT molecular complexity index is 544. The van der Waals surface area contributed by atoms with E-state index in [0.717, 1.165) is 50.5 Å². The molecule has 0 amide bonds. The summed E-state index contributed by atoms with van der Waals surface area (Å²) < 4.78 is 0. The first-order valence-corrected chi connectivity index (χ1v) is 7.57. The zero-order valence-corrected chi connectivity index (χ0v) is 12.4. The second-order valence-corrected chi connectivity index (χ2v) is 5.49. The van der Waals surface area contributed by atoms with Crippen molar-refractivity contribution < 1.29 is 0 Å². The summed E-state index contributed by atoms with van der Waals surface area (Å²) in [5.74, 6) is 1.80. The van der Waals surface area contributed by atoms with Crippen LogP contribution in [0.4, 0.5) is 5.95 Å². The van der Waals surface area contributed by atoms with Crippen molar-refractivity contribution in [2.45, 2.75) is 31.7 Å². The average Bonchev–Trinajstić information content (AvgIpc) is 3.03. The Morgan fingerprint density at radius 3 is 2.71 bits per heavy atom. The molecule has 3 heterocycles. The zero-order valence-electron chi connectivity index (χ0n) is 12.4. The number of nitrogens with zero attached hydrogens (tertiary/aromatic N) is 4. The Balaban J connectivity index is 1.54. The van der Waals surface area contributed by atoms with Gasteiger partial charge < -0.3 is 10.2 Å². The quantitative estimate of drug-likeness (QED) is 0.863. The van der Waals surface area contributed by atoms with Crippen molar-refractivity contribution in [2.75, 3.05) is 25.0 Å². The van der Waals surface area contributed by atoms with E-state index in [1.165, 1.54) is 5.56 Å². The lowest BCUT2D eigenvalue weighted by Crippen LogP contribution is -2.41. The third kappa shape index (κ3) is 3.58. The highest BCUT2D eigenvalue weighted by Crippen LogP contribution is 2.16. The van der Waals surface area contributed by atoms with Gasteiger partial charge >= 0.3 is 0 Å². The van der Waals surface area contributed by atoms with E-state index >= 15 is 0 Å². The number of anilines is 1. The molecule has 112 valence electrons. The van der Waals surface area contributed by atoms with Crippen LogP contribution in [-0.4, -0.2) is 46.3 Å². The number of H-pyrrole nitrogens is 1. The summed E-state index contributed by atoms with van der Waals surface area (Å²) in [6.45, 7) is 2.04. The van der Waals surface area contributed by atoms with E-state index in [4.69, 9.17) is 0 Å². The molecule has 0 radical (unpaired) electrons. The molecule has 21 heavy (non-hydrogen) atoms. The molecular weight excluding hydrogens is 264 g/mol. The zero-order chi connectivity index (χ0) is 14.5. The van der Waals surface area contributed by atoms with Gasteiger partial charge in [0.05, 0.1) is 0 Å². The normalized spacial score (nSPS) is 16.3. The maximum Gasteiger partial charge on any atom is 0.244 e. The Kier molecular flexibility index (Phi) is 4.45. The summed E-state index contributed by atoms with van der Waals surface area (Å²) in [4.78, 5) is 10.9. The van der Waals surface area contributed by atoms with Gasteiger partial charge in [0.1, 0.15) is 5.82 Å². The van der Waals surface area contributed by atoms with Crippen LogP contribution in [0.3, 0.4) is 0 Å². The van der Waals surface area contributed by atoms with Crippen LogP contribution in [-0.2, 0) is 12.8 Å². The topological polar surface area (TPSA) is 69.7 Å². The molecule has 1 aliphatic heterocycles. The number of piperidine rings is 1. The Morgan fingerprint density at radius 2 is 2.00 bits per heavy atom. The van der Waals surface area contributed by atoms with Gasteiger partial charge in [-0.1, -0.05) is 0 Å². The third-order valence-electron chi connectivity index (χ3n) is 4.11. The highest BCUT2D eigenvalue weighted by atomic mass is 15.4. The molecular formula is C15H22N6. The smallest absolute Gasteiger partial charge is 0.244 e. The number of aromatic nitrogens is 4. The highest BCUT2D eigenvalue weighted by Gasteiger charge is 2.20. The van der Waals surface area contributed by atoms with Crippen molar-refractivity contribution in [1.29, 1.82) is 0 Å². The van der Waals surface area contributed by atoms with Gasteiger partial charge in [0.15, 0.2) is 0 Å². The maximum atomic E-state index is 4.62. The molecule has 1 saturated heterocycles. The van der Waals surface area contributed by atoms with Crippen molar-refractivity contribution in [3.05, 3.63) is 35.9 Å². The SMILES string of the molecule is CNC1CCN(c2n[nH]c(CCc3ccncc3)n2)CC1. The fourth-order valence-electron chi connectivity index (χ4n) is 2.72. The summed E-state index contributed by atoms with van der Waals surface area (Å²) >= 11 is 0. The minimum Gasteiger partial charge on any atom is -0.339 e. The standard InChI is InChI=1S/C15H22N6/c1-16-13-6-10-21(11-7-13)15-18-14(19-20-15)3-2-12-4-8-17-9-5-12/h4-5,8-9,13,16H,2-3,6-7,10-11H2,1H3,(H,18,19,20). The molecule has 0 atom stereocenters. The summed E-state index contributed by atoms with van der Waals surface area (Å²) in [7, 11) is 2.03. The van der Waals surface area contributed by atoms with Gasteiger partial charge in [0.25, 0.3) is 0 Å². The number of rotatable bonds is 5. The largest absolute Gasteiger partial charge is 0.339 e. The van der Waals surface area contributed by atoms with Crippen molar-refractivity contribution >= 4 is 5.95 Å². The van der Waals surface area contributed by atoms with Gasteiger partial charge in [-0.25, -0.2) is 0 Å². The number of hydrogen-bond donors (Lipinski definition) is 2. The fourth-order valence-corrected chi connectivity index (χ4v) is 2.72. The minimum absolute atomic E-state index is 0.631. The van der Waals surface area contributed by atoms with Crippen molar-refractivity contribution in [3.8, 4) is 0 Å². The van der Waals surface area contributed by atoms with Crippen LogP contribution in [0.5, 0.6) is 0 Å². The first-order valence-electron chi connectivity index (χ1n) is 7.57. The number of nitrogens with one attached hydrogen (secondary N) is 2. The van der Waals surface area contributed by atoms with Crippen molar-refractivity contribution in [2.24, 2.45) is 0 Å². The van der Waals surface area contributed by atoms with E-state index in [0.29, 0.717) is 6.04 Å². The number of hydrogen-bond acceptors (Lipinski definition) is 5. The van der Waals surface area contributed by atoms with Gasteiger partial charge in [-0.05, 0) is 44.0 Å². The van der Waals surface area contributed by atoms with Gasteiger partial charge in [0, 0.05) is 37.9 Å². The Hall–Kier alpha value is -1.95. The van der Waals surface area contributed by atoms with Gasteiger partial charge in [0.2, 0.25) is 5.95 Å². The van der Waals surface area contributed by atoms with Crippen LogP contribution < -0.4 is 10.2 Å². The van der Waals surface area contributed by atoms with Gasteiger partial charge in [-0.15, -0.1) is 5.10 Å². The molecule has 0 aromatic carbocycles. The van der Waals surface area contributed by atoms with E-state index in [2.05, 4.69) is 30.4 Å². The Morgan fingerprint density at radius 1 is 1.24 bits per heavy atom. The maximum absolute atomic E-state index is 4.62. The number of aryl methyl sites for hydroxylation is 2. The molecule has 0 unspecified atom stereocenters. The summed E-state index contributed by atoms with van der Waals surface area (Å²) in [5, 5.41) is 10.8. The molecule has 1 aliphatic rings. The molecule has 3 rings (SSSR count). The van der Waals surface area contributed by atoms with Crippen LogP contribution in [0.15, 0.2) is 24.5 Å². The lowest BCUT2D eigenvalue weighted by Gasteiger charge is -2.30. The third-order valence-corrected chi connectivity index (χ3v) is 4.11. The van der Waals surface area contributed by atoms with E-state index in [9.17, 15) is 0 Å². The fraction of sp³-hybridized carbons (Fsp3) is 0.533. The second kappa shape index (κ2) is 6.67. The van der Waals surface area contributed by atoms with Crippen LogP contribution >= 0.6 is 0 Å². The van der Waals surface area contributed by atoms with Crippen molar-refractivity contribution in [3.63, 3.8) is 0 Å². The number of aromatic amines is 1. The second-order valence-electron chi connectivity index (χ2n) is 5.49. The van der Waals surface area contributed by atoms with E-state index in [-0.39, 0.29) is 0 Å². The van der Waals surface area contributed by atoms with E-state index < -0.39 is 0 Å². The predicted molar refractivity (Wildman–Crippen MR) is 82.3 cm³/mol. The van der Waals surface area contributed by atoms with Crippen LogP contribution in [0, 0.1) is 0 Å². The average molecular weight is 286 g/mol. The monoisotopic (exact) mass is 286 g/mol. The van der Waals surface area contributed by atoms with Gasteiger partial charge in [-0.3, -0.25) is 10.1 Å². The van der Waals surface area contributed by atoms with Crippen LogP contribution in [0.2, 0.25) is 0 Å². The summed E-state index contributed by atoms with van der Waals surface area (Å²) in [5.41, 5.74) is 1.28. The Labute approximate surface area is 125 Å². The molecule has 2 N–H and O–H groups in total. The predicted octanol–water partition coefficient (Wildman–Crippen LogP) is 1.17. The molecule has 0 saturated carbocycles. The summed E-state index contributed by atoms with van der Waals surface area (Å²) in [6.07, 6.45) is 7.79. The van der Waals surface area contributed by atoms with Gasteiger partial charge in [-0.2, -0.15) is 4.98 Å². The molecule has 6 nitrogen and oxygen atoms in total.